The minimum absolute atomic E-state index is 0.0463. The zero-order valence-corrected chi connectivity index (χ0v) is 12.6. The summed E-state index contributed by atoms with van der Waals surface area (Å²) in [4.78, 5) is 5.30. The zero-order valence-electron chi connectivity index (χ0n) is 10.2. The van der Waals surface area contributed by atoms with Crippen molar-refractivity contribution >= 4 is 33.1 Å². The first-order chi connectivity index (χ1) is 8.49. The van der Waals surface area contributed by atoms with Crippen molar-refractivity contribution in [2.24, 2.45) is 0 Å². The lowest BCUT2D eigenvalue weighted by Gasteiger charge is -2.24. The molecule has 0 atom stereocenters. The Morgan fingerprint density at radius 1 is 1.50 bits per heavy atom. The Bertz CT molecular complexity index is 526. The van der Waals surface area contributed by atoms with Crippen LogP contribution in [-0.4, -0.2) is 11.5 Å². The Hall–Kier alpha value is -0.940. The number of pyridine rings is 1. The number of halogens is 2. The number of hydrogen-bond acceptors (Lipinski definition) is 3. The van der Waals surface area contributed by atoms with Gasteiger partial charge >= 0.3 is 0 Å². The van der Waals surface area contributed by atoms with Crippen LogP contribution in [0.2, 0.25) is 0 Å². The van der Waals surface area contributed by atoms with Crippen LogP contribution in [-0.2, 0) is 5.41 Å². The van der Waals surface area contributed by atoms with E-state index in [-0.39, 0.29) is 11.2 Å². The average Bonchev–Trinajstić information content (AvgIpc) is 2.82. The molecule has 0 spiro atoms. The van der Waals surface area contributed by atoms with Gasteiger partial charge in [0.25, 0.3) is 0 Å². The molecule has 0 bridgehead atoms. The van der Waals surface area contributed by atoms with E-state index in [1.54, 1.807) is 17.5 Å². The molecule has 0 aromatic carbocycles. The maximum Gasteiger partial charge on any atom is 0.166 e. The average molecular weight is 329 g/mol. The summed E-state index contributed by atoms with van der Waals surface area (Å²) in [7, 11) is 0. The van der Waals surface area contributed by atoms with E-state index < -0.39 is 0 Å². The smallest absolute Gasteiger partial charge is 0.166 e. The van der Waals surface area contributed by atoms with Gasteiger partial charge in [0, 0.05) is 27.5 Å². The first kappa shape index (κ1) is 13.5. The minimum atomic E-state index is -0.341. The van der Waals surface area contributed by atoms with Gasteiger partial charge < -0.3 is 5.32 Å². The highest BCUT2D eigenvalue weighted by atomic mass is 79.9. The molecule has 2 heterocycles. The van der Waals surface area contributed by atoms with E-state index in [2.05, 4.69) is 51.5 Å². The summed E-state index contributed by atoms with van der Waals surface area (Å²) in [5.74, 6) is -0.0471. The molecule has 2 nitrogen and oxygen atoms in total. The Balaban J connectivity index is 2.07. The molecule has 0 aliphatic heterocycles. The van der Waals surface area contributed by atoms with Gasteiger partial charge in [-0.3, -0.25) is 0 Å². The van der Waals surface area contributed by atoms with Crippen molar-refractivity contribution in [2.75, 3.05) is 11.9 Å². The Morgan fingerprint density at radius 2 is 2.28 bits per heavy atom. The molecule has 0 aliphatic carbocycles. The number of rotatable bonds is 4. The molecule has 18 heavy (non-hydrogen) atoms. The zero-order chi connectivity index (χ0) is 13.2. The van der Waals surface area contributed by atoms with Gasteiger partial charge in [-0.15, -0.1) is 11.3 Å². The highest BCUT2D eigenvalue weighted by Gasteiger charge is 2.22. The summed E-state index contributed by atoms with van der Waals surface area (Å²) in [5, 5.41) is 5.12. The number of thiophene rings is 1. The third-order valence-electron chi connectivity index (χ3n) is 2.69. The number of nitrogens with zero attached hydrogens (tertiary/aromatic N) is 1. The Morgan fingerprint density at radius 3 is 2.89 bits per heavy atom. The quantitative estimate of drug-likeness (QED) is 0.897. The van der Waals surface area contributed by atoms with E-state index in [9.17, 15) is 4.39 Å². The molecule has 2 rings (SSSR count). The molecular weight excluding hydrogens is 315 g/mol. The fourth-order valence-corrected chi connectivity index (χ4v) is 2.76. The van der Waals surface area contributed by atoms with Gasteiger partial charge in [0.1, 0.15) is 0 Å². The molecule has 0 aliphatic rings. The third kappa shape index (κ3) is 3.09. The molecule has 96 valence electrons. The van der Waals surface area contributed by atoms with Crippen LogP contribution < -0.4 is 5.32 Å². The molecule has 0 amide bonds. The van der Waals surface area contributed by atoms with Crippen molar-refractivity contribution in [1.29, 1.82) is 0 Å². The van der Waals surface area contributed by atoms with Gasteiger partial charge in [-0.05, 0) is 33.4 Å². The summed E-state index contributed by atoms with van der Waals surface area (Å²) in [6, 6.07) is 5.53. The maximum absolute atomic E-state index is 13.6. The van der Waals surface area contributed by atoms with Crippen LogP contribution in [0.25, 0.3) is 0 Å². The summed E-state index contributed by atoms with van der Waals surface area (Å²) in [6.07, 6.45) is 1.59. The maximum atomic E-state index is 13.6. The van der Waals surface area contributed by atoms with Crippen molar-refractivity contribution in [1.82, 2.24) is 4.98 Å². The van der Waals surface area contributed by atoms with Crippen LogP contribution in [0.1, 0.15) is 18.7 Å². The minimum Gasteiger partial charge on any atom is -0.367 e. The topological polar surface area (TPSA) is 24.9 Å². The molecule has 0 radical (unpaired) electrons. The molecule has 0 unspecified atom stereocenters. The summed E-state index contributed by atoms with van der Waals surface area (Å²) >= 11 is 4.90. The third-order valence-corrected chi connectivity index (χ3v) is 4.36. The largest absolute Gasteiger partial charge is 0.367 e. The van der Waals surface area contributed by atoms with E-state index >= 15 is 0 Å². The number of anilines is 1. The van der Waals surface area contributed by atoms with Gasteiger partial charge in [-0.25, -0.2) is 9.37 Å². The normalized spacial score (nSPS) is 11.6. The predicted octanol–water partition coefficient (Wildman–Crippen LogP) is 4.43. The van der Waals surface area contributed by atoms with E-state index in [4.69, 9.17) is 0 Å². The highest BCUT2D eigenvalue weighted by Crippen LogP contribution is 2.28. The van der Waals surface area contributed by atoms with Gasteiger partial charge in [0.2, 0.25) is 0 Å². The van der Waals surface area contributed by atoms with E-state index in [1.807, 2.05) is 6.07 Å². The molecule has 5 heteroatoms. The number of hydrogen-bond donors (Lipinski definition) is 1. The van der Waals surface area contributed by atoms with E-state index in [1.165, 1.54) is 10.9 Å². The first-order valence-electron chi connectivity index (χ1n) is 5.58. The first-order valence-corrected chi connectivity index (χ1v) is 7.25. The monoisotopic (exact) mass is 328 g/mol. The fourth-order valence-electron chi connectivity index (χ4n) is 1.60. The summed E-state index contributed by atoms with van der Waals surface area (Å²) in [6.45, 7) is 4.89. The summed E-state index contributed by atoms with van der Waals surface area (Å²) < 4.78 is 14.3. The van der Waals surface area contributed by atoms with Crippen LogP contribution in [0.4, 0.5) is 10.2 Å². The molecule has 1 N–H and O–H groups in total. The summed E-state index contributed by atoms with van der Waals surface area (Å²) in [5.41, 5.74) is -0.0463. The van der Waals surface area contributed by atoms with Crippen LogP contribution >= 0.6 is 27.3 Å². The van der Waals surface area contributed by atoms with Crippen LogP contribution in [0, 0.1) is 5.82 Å². The van der Waals surface area contributed by atoms with E-state index in [0.29, 0.717) is 16.8 Å². The molecule has 0 fully saturated rings. The van der Waals surface area contributed by atoms with Crippen molar-refractivity contribution < 1.29 is 4.39 Å². The standard InChI is InChI=1S/C13H14BrFN2S/c1-13(2,11-4-3-5-18-11)8-17-12-10(15)6-9(14)7-16-12/h3-7H,8H2,1-2H3,(H,16,17). The van der Waals surface area contributed by atoms with Crippen molar-refractivity contribution in [3.63, 3.8) is 0 Å². The lowest BCUT2D eigenvalue weighted by Crippen LogP contribution is -2.27. The highest BCUT2D eigenvalue weighted by molar-refractivity contribution is 9.10. The van der Waals surface area contributed by atoms with Crippen LogP contribution in [0.5, 0.6) is 0 Å². The van der Waals surface area contributed by atoms with Gasteiger partial charge in [-0.1, -0.05) is 19.9 Å². The predicted molar refractivity (Wildman–Crippen MR) is 77.7 cm³/mol. The molecular formula is C13H14BrFN2S. The lowest BCUT2D eigenvalue weighted by molar-refractivity contribution is 0.561. The Labute approximate surface area is 118 Å². The second kappa shape index (κ2) is 5.36. The van der Waals surface area contributed by atoms with Crippen molar-refractivity contribution in [3.8, 4) is 0 Å². The second-order valence-electron chi connectivity index (χ2n) is 4.70. The fraction of sp³-hybridized carbons (Fsp3) is 0.308. The van der Waals surface area contributed by atoms with Gasteiger partial charge in [0.05, 0.1) is 0 Å². The van der Waals surface area contributed by atoms with Gasteiger partial charge in [-0.2, -0.15) is 0 Å². The van der Waals surface area contributed by atoms with Crippen molar-refractivity contribution in [2.45, 2.75) is 19.3 Å². The molecule has 2 aromatic heterocycles. The molecule has 0 saturated heterocycles. The number of aromatic nitrogens is 1. The Kier molecular flexibility index (Phi) is 4.02. The molecule has 0 saturated carbocycles. The number of nitrogens with one attached hydrogen (secondary N) is 1. The van der Waals surface area contributed by atoms with Crippen molar-refractivity contribution in [3.05, 3.63) is 44.9 Å². The SMILES string of the molecule is CC(C)(CNc1ncc(Br)cc1F)c1cccs1. The van der Waals surface area contributed by atoms with E-state index in [0.717, 1.165) is 0 Å². The van der Waals surface area contributed by atoms with Crippen LogP contribution in [0.15, 0.2) is 34.2 Å². The van der Waals surface area contributed by atoms with Crippen LogP contribution in [0.3, 0.4) is 0 Å². The van der Waals surface area contributed by atoms with Gasteiger partial charge in [0.15, 0.2) is 11.6 Å². The molecule has 2 aromatic rings. The second-order valence-corrected chi connectivity index (χ2v) is 6.56. The lowest BCUT2D eigenvalue weighted by atomic mass is 9.91.